The van der Waals surface area contributed by atoms with Crippen molar-refractivity contribution in [3.63, 3.8) is 0 Å². The Bertz CT molecular complexity index is 1230. The standard InChI is InChI=1S/C28H23F3O/c1-4-5-6-22-17-25(29)24(26(30)18-22)13-9-20-7-11-23(19(2)15-20)12-8-21-10-14-28(32-3)27(31)16-21/h7,10-11,14-18H,4-6H2,1-3H3. The summed E-state index contributed by atoms with van der Waals surface area (Å²) < 4.78 is 47.4. The van der Waals surface area contributed by atoms with Gasteiger partial charge in [-0.05, 0) is 79.4 Å². The number of ether oxygens (including phenoxy) is 1. The van der Waals surface area contributed by atoms with Crippen LogP contribution in [0.3, 0.4) is 0 Å². The van der Waals surface area contributed by atoms with Gasteiger partial charge in [0.25, 0.3) is 0 Å². The molecule has 0 bridgehead atoms. The van der Waals surface area contributed by atoms with Crippen molar-refractivity contribution in [3.8, 4) is 29.4 Å². The molecule has 3 aromatic rings. The molecule has 0 heterocycles. The van der Waals surface area contributed by atoms with E-state index < -0.39 is 17.5 Å². The molecule has 0 N–H and O–H groups in total. The number of halogens is 3. The molecule has 162 valence electrons. The number of unbranched alkanes of at least 4 members (excludes halogenated alkanes) is 1. The van der Waals surface area contributed by atoms with Crippen molar-refractivity contribution < 1.29 is 17.9 Å². The Balaban J connectivity index is 1.81. The molecule has 0 atom stereocenters. The van der Waals surface area contributed by atoms with E-state index in [1.54, 1.807) is 24.3 Å². The minimum absolute atomic E-state index is 0.165. The average molecular weight is 432 g/mol. The first-order valence-corrected chi connectivity index (χ1v) is 10.4. The van der Waals surface area contributed by atoms with Crippen LogP contribution in [0, 0.1) is 48.1 Å². The normalized spacial score (nSPS) is 10.1. The van der Waals surface area contributed by atoms with Crippen molar-refractivity contribution in [2.75, 3.05) is 7.11 Å². The summed E-state index contributed by atoms with van der Waals surface area (Å²) in [7, 11) is 1.41. The summed E-state index contributed by atoms with van der Waals surface area (Å²) in [6.07, 6.45) is 2.48. The molecule has 0 aliphatic carbocycles. The lowest BCUT2D eigenvalue weighted by molar-refractivity contribution is 0.386. The molecule has 1 nitrogen and oxygen atoms in total. The lowest BCUT2D eigenvalue weighted by Crippen LogP contribution is -1.95. The van der Waals surface area contributed by atoms with Crippen LogP contribution in [0.4, 0.5) is 13.2 Å². The maximum Gasteiger partial charge on any atom is 0.166 e. The molecule has 32 heavy (non-hydrogen) atoms. The Labute approximate surface area is 187 Å². The molecule has 0 saturated carbocycles. The predicted molar refractivity (Wildman–Crippen MR) is 121 cm³/mol. The van der Waals surface area contributed by atoms with E-state index in [9.17, 15) is 13.2 Å². The van der Waals surface area contributed by atoms with Crippen molar-refractivity contribution in [2.24, 2.45) is 0 Å². The fourth-order valence-corrected chi connectivity index (χ4v) is 3.17. The molecule has 0 fully saturated rings. The fourth-order valence-electron chi connectivity index (χ4n) is 3.17. The molecular formula is C28H23F3O. The molecule has 4 heteroatoms. The van der Waals surface area contributed by atoms with Gasteiger partial charge >= 0.3 is 0 Å². The van der Waals surface area contributed by atoms with E-state index in [4.69, 9.17) is 4.74 Å². The zero-order valence-corrected chi connectivity index (χ0v) is 18.3. The van der Waals surface area contributed by atoms with Crippen molar-refractivity contribution in [2.45, 2.75) is 33.1 Å². The van der Waals surface area contributed by atoms with E-state index >= 15 is 0 Å². The molecule has 0 amide bonds. The SMILES string of the molecule is CCCCc1cc(F)c(C#Cc2ccc(C#Cc3ccc(OC)c(F)c3)c(C)c2)c(F)c1. The Morgan fingerprint density at radius 1 is 0.781 bits per heavy atom. The fraction of sp³-hybridized carbons (Fsp3) is 0.214. The Kier molecular flexibility index (Phi) is 7.63. The van der Waals surface area contributed by atoms with E-state index in [0.29, 0.717) is 23.1 Å². The van der Waals surface area contributed by atoms with E-state index in [1.165, 1.54) is 31.4 Å². The van der Waals surface area contributed by atoms with Crippen LogP contribution < -0.4 is 4.74 Å². The monoisotopic (exact) mass is 432 g/mol. The van der Waals surface area contributed by atoms with Gasteiger partial charge in [0.15, 0.2) is 11.6 Å². The highest BCUT2D eigenvalue weighted by Gasteiger charge is 2.09. The topological polar surface area (TPSA) is 9.23 Å². The van der Waals surface area contributed by atoms with Crippen molar-refractivity contribution in [1.82, 2.24) is 0 Å². The molecule has 3 rings (SSSR count). The van der Waals surface area contributed by atoms with Gasteiger partial charge in [0.2, 0.25) is 0 Å². The molecular weight excluding hydrogens is 409 g/mol. The summed E-state index contributed by atoms with van der Waals surface area (Å²) in [5.41, 5.74) is 3.17. The largest absolute Gasteiger partial charge is 0.494 e. The van der Waals surface area contributed by atoms with Crippen LogP contribution in [0.25, 0.3) is 0 Å². The van der Waals surface area contributed by atoms with Crippen LogP contribution >= 0.6 is 0 Å². The maximum absolute atomic E-state index is 14.3. The molecule has 0 aliphatic heterocycles. The first-order chi connectivity index (χ1) is 15.4. The summed E-state index contributed by atoms with van der Waals surface area (Å²) in [6, 6.07) is 12.6. The second kappa shape index (κ2) is 10.6. The summed E-state index contributed by atoms with van der Waals surface area (Å²) in [5, 5.41) is 0. The Morgan fingerprint density at radius 3 is 2.06 bits per heavy atom. The van der Waals surface area contributed by atoms with E-state index in [0.717, 1.165) is 24.0 Å². The highest BCUT2D eigenvalue weighted by Crippen LogP contribution is 2.18. The number of methoxy groups -OCH3 is 1. The van der Waals surface area contributed by atoms with Gasteiger partial charge in [0.05, 0.1) is 12.7 Å². The molecule has 0 saturated heterocycles. The van der Waals surface area contributed by atoms with E-state index in [-0.39, 0.29) is 11.3 Å². The summed E-state index contributed by atoms with van der Waals surface area (Å²) in [4.78, 5) is 0. The summed E-state index contributed by atoms with van der Waals surface area (Å²) in [6.45, 7) is 3.90. The third kappa shape index (κ3) is 5.74. The second-order valence-electron chi connectivity index (χ2n) is 7.42. The van der Waals surface area contributed by atoms with Gasteiger partial charge in [-0.1, -0.05) is 37.0 Å². The van der Waals surface area contributed by atoms with Crippen LogP contribution in [0.2, 0.25) is 0 Å². The smallest absolute Gasteiger partial charge is 0.166 e. The lowest BCUT2D eigenvalue weighted by atomic mass is 10.0. The average Bonchev–Trinajstić information content (AvgIpc) is 2.76. The number of hydrogen-bond acceptors (Lipinski definition) is 1. The van der Waals surface area contributed by atoms with Gasteiger partial charge < -0.3 is 4.74 Å². The minimum Gasteiger partial charge on any atom is -0.494 e. The van der Waals surface area contributed by atoms with Gasteiger partial charge in [0.1, 0.15) is 11.6 Å². The van der Waals surface area contributed by atoms with Gasteiger partial charge in [0, 0.05) is 16.7 Å². The summed E-state index contributed by atoms with van der Waals surface area (Å²) >= 11 is 0. The number of rotatable bonds is 4. The zero-order chi connectivity index (χ0) is 23.1. The van der Waals surface area contributed by atoms with Crippen LogP contribution in [0.15, 0.2) is 48.5 Å². The van der Waals surface area contributed by atoms with Crippen molar-refractivity contribution >= 4 is 0 Å². The van der Waals surface area contributed by atoms with Crippen molar-refractivity contribution in [3.05, 3.63) is 99.4 Å². The second-order valence-corrected chi connectivity index (χ2v) is 7.42. The van der Waals surface area contributed by atoms with E-state index in [1.807, 2.05) is 13.8 Å². The molecule has 0 unspecified atom stereocenters. The number of benzene rings is 3. The highest BCUT2D eigenvalue weighted by molar-refractivity contribution is 5.52. The predicted octanol–water partition coefficient (Wildman–Crippen LogP) is 6.56. The first kappa shape index (κ1) is 23.0. The molecule has 0 aromatic heterocycles. The third-order valence-corrected chi connectivity index (χ3v) is 4.97. The quantitative estimate of drug-likeness (QED) is 0.424. The minimum atomic E-state index is -0.644. The van der Waals surface area contributed by atoms with Crippen LogP contribution in [0.1, 0.15) is 53.1 Å². The summed E-state index contributed by atoms with van der Waals surface area (Å²) in [5.74, 6) is 9.78. The highest BCUT2D eigenvalue weighted by atomic mass is 19.1. The van der Waals surface area contributed by atoms with Crippen LogP contribution in [-0.2, 0) is 6.42 Å². The Hall–Kier alpha value is -3.63. The van der Waals surface area contributed by atoms with Crippen molar-refractivity contribution in [1.29, 1.82) is 0 Å². The van der Waals surface area contributed by atoms with Gasteiger partial charge in [-0.2, -0.15) is 0 Å². The lowest BCUT2D eigenvalue weighted by Gasteiger charge is -2.04. The van der Waals surface area contributed by atoms with Crippen LogP contribution in [0.5, 0.6) is 5.75 Å². The molecule has 0 spiro atoms. The van der Waals surface area contributed by atoms with E-state index in [2.05, 4.69) is 23.7 Å². The van der Waals surface area contributed by atoms with Gasteiger partial charge in [-0.25, -0.2) is 13.2 Å². The first-order valence-electron chi connectivity index (χ1n) is 10.4. The number of hydrogen-bond donors (Lipinski definition) is 0. The van der Waals surface area contributed by atoms with Crippen LogP contribution in [-0.4, -0.2) is 7.11 Å². The van der Waals surface area contributed by atoms with Gasteiger partial charge in [-0.3, -0.25) is 0 Å². The molecule has 0 radical (unpaired) electrons. The Morgan fingerprint density at radius 2 is 1.44 bits per heavy atom. The number of aryl methyl sites for hydroxylation is 2. The van der Waals surface area contributed by atoms with Gasteiger partial charge in [-0.15, -0.1) is 0 Å². The maximum atomic E-state index is 14.3. The molecule has 0 aliphatic rings. The molecule has 3 aromatic carbocycles. The zero-order valence-electron chi connectivity index (χ0n) is 18.3. The third-order valence-electron chi connectivity index (χ3n) is 4.97.